The Morgan fingerprint density at radius 3 is 1.24 bits per heavy atom. The van der Waals surface area contributed by atoms with Gasteiger partial charge in [-0.1, -0.05) is 0 Å². The summed E-state index contributed by atoms with van der Waals surface area (Å²) < 4.78 is 26.5. The Hall–Kier alpha value is -0.640. The van der Waals surface area contributed by atoms with E-state index in [1.807, 2.05) is 0 Å². The molecule has 16 heteroatoms. The van der Waals surface area contributed by atoms with Gasteiger partial charge in [-0.3, -0.25) is 0 Å². The predicted octanol–water partition coefficient (Wildman–Crippen LogP) is -7.57. The first-order valence-corrected chi connectivity index (χ1v) is 10.6. The molecule has 16 nitrogen and oxygen atoms in total. The molecule has 0 spiro atoms. The van der Waals surface area contributed by atoms with E-state index in [2.05, 4.69) is 0 Å². The topological polar surface area (TPSA) is 269 Å². The van der Waals surface area contributed by atoms with Gasteiger partial charge in [0.2, 0.25) is 0 Å². The number of ether oxygens (including phenoxy) is 5. The molecule has 0 aromatic heterocycles. The minimum atomic E-state index is -1.94. The van der Waals surface area contributed by atoms with E-state index in [-0.39, 0.29) is 0 Å². The molecule has 0 amide bonds. The molecule has 0 saturated carbocycles. The third-order valence-electron chi connectivity index (χ3n) is 6.10. The lowest BCUT2D eigenvalue weighted by atomic mass is 9.96. The first-order valence-electron chi connectivity index (χ1n) is 10.6. The summed E-state index contributed by atoms with van der Waals surface area (Å²) in [6.45, 7) is -2.33. The zero-order chi connectivity index (χ0) is 25.3. The summed E-state index contributed by atoms with van der Waals surface area (Å²) in [5.41, 5.74) is 0. The van der Waals surface area contributed by atoms with Gasteiger partial charge in [-0.2, -0.15) is 0 Å². The van der Waals surface area contributed by atoms with E-state index >= 15 is 0 Å². The molecule has 0 aliphatic carbocycles. The molecule has 34 heavy (non-hydrogen) atoms. The molecule has 3 saturated heterocycles. The van der Waals surface area contributed by atoms with Gasteiger partial charge in [0, 0.05) is 0 Å². The second kappa shape index (κ2) is 11.6. The molecule has 3 fully saturated rings. The SMILES string of the molecule is OC[C@H]1O[C@@H](O[C@H]2[C@H](O)[C@@H](CO)O[C@H](O)[C@@H]2O[C@H]2O[C@H](CO)[C@H](O)[C@H](O)[C@H]2O)[C@H](O)[C@@H](O)[C@H]1O. The Morgan fingerprint density at radius 2 is 0.824 bits per heavy atom. The van der Waals surface area contributed by atoms with Crippen LogP contribution in [0.15, 0.2) is 0 Å². The van der Waals surface area contributed by atoms with Crippen LogP contribution < -0.4 is 0 Å². The standard InChI is InChI=1S/C18H32O16/c19-1-4-7(22)10(25)12(27)17(31-4)33-14-9(24)6(3-21)30-16(29)15(14)34-18-13(28)11(26)8(23)5(2-20)32-18/h4-29H,1-3H2/t4-,5-,6-,7+,8+,9-,10+,11+,12-,13-,14+,15-,16+,17+,18-/m1/s1. The first kappa shape index (κ1) is 27.9. The average Bonchev–Trinajstić information content (AvgIpc) is 2.83. The lowest BCUT2D eigenvalue weighted by Crippen LogP contribution is -2.67. The summed E-state index contributed by atoms with van der Waals surface area (Å²) in [5, 5.41) is 109. The molecule has 0 aromatic rings. The highest BCUT2D eigenvalue weighted by Crippen LogP contribution is 2.32. The quantitative estimate of drug-likeness (QED) is 0.154. The maximum absolute atomic E-state index is 10.6. The average molecular weight is 504 g/mol. The molecule has 3 heterocycles. The molecule has 3 rings (SSSR count). The van der Waals surface area contributed by atoms with Crippen molar-refractivity contribution in [1.82, 2.24) is 0 Å². The number of hydrogen-bond donors (Lipinski definition) is 11. The van der Waals surface area contributed by atoms with E-state index in [0.717, 1.165) is 0 Å². The Morgan fingerprint density at radius 1 is 0.441 bits per heavy atom. The van der Waals surface area contributed by atoms with Gasteiger partial charge in [0.25, 0.3) is 0 Å². The van der Waals surface area contributed by atoms with Crippen LogP contribution >= 0.6 is 0 Å². The summed E-state index contributed by atoms with van der Waals surface area (Å²) >= 11 is 0. The summed E-state index contributed by atoms with van der Waals surface area (Å²) in [6, 6.07) is 0. The second-order valence-corrected chi connectivity index (χ2v) is 8.33. The Bertz CT molecular complexity index is 637. The molecule has 3 aliphatic rings. The van der Waals surface area contributed by atoms with Crippen molar-refractivity contribution >= 4 is 0 Å². The van der Waals surface area contributed by atoms with Crippen LogP contribution in [0.1, 0.15) is 0 Å². The molecule has 11 N–H and O–H groups in total. The minimum Gasteiger partial charge on any atom is -0.394 e. The van der Waals surface area contributed by atoms with Crippen LogP contribution in [0.4, 0.5) is 0 Å². The lowest BCUT2D eigenvalue weighted by Gasteiger charge is -2.48. The molecular formula is C18H32O16. The highest BCUT2D eigenvalue weighted by Gasteiger charge is 2.53. The molecular weight excluding hydrogens is 472 g/mol. The number of rotatable bonds is 7. The van der Waals surface area contributed by atoms with Crippen molar-refractivity contribution in [1.29, 1.82) is 0 Å². The van der Waals surface area contributed by atoms with Gasteiger partial charge in [-0.15, -0.1) is 0 Å². The molecule has 200 valence electrons. The van der Waals surface area contributed by atoms with E-state index in [9.17, 15) is 56.2 Å². The maximum atomic E-state index is 10.6. The normalized spacial score (nSPS) is 52.5. The number of hydrogen-bond acceptors (Lipinski definition) is 16. The molecule has 3 aliphatic heterocycles. The fraction of sp³-hybridized carbons (Fsp3) is 1.00. The Balaban J connectivity index is 1.83. The van der Waals surface area contributed by atoms with Crippen LogP contribution in [0.3, 0.4) is 0 Å². The first-order chi connectivity index (χ1) is 16.0. The van der Waals surface area contributed by atoms with Crippen LogP contribution in [0, 0.1) is 0 Å². The third-order valence-corrected chi connectivity index (χ3v) is 6.10. The van der Waals surface area contributed by atoms with Crippen LogP contribution in [0.25, 0.3) is 0 Å². The zero-order valence-electron chi connectivity index (χ0n) is 17.7. The summed E-state index contributed by atoms with van der Waals surface area (Å²) in [4.78, 5) is 0. The summed E-state index contributed by atoms with van der Waals surface area (Å²) in [6.07, 6.45) is -25.6. The van der Waals surface area contributed by atoms with Crippen LogP contribution in [-0.2, 0) is 23.7 Å². The molecule has 0 radical (unpaired) electrons. The maximum Gasteiger partial charge on any atom is 0.187 e. The van der Waals surface area contributed by atoms with Crippen LogP contribution in [-0.4, -0.2) is 168 Å². The lowest BCUT2D eigenvalue weighted by molar-refractivity contribution is -0.387. The fourth-order valence-electron chi connectivity index (χ4n) is 4.03. The highest BCUT2D eigenvalue weighted by atomic mass is 16.8. The van der Waals surface area contributed by atoms with E-state index in [4.69, 9.17) is 23.7 Å². The molecule has 0 bridgehead atoms. The van der Waals surface area contributed by atoms with Gasteiger partial charge >= 0.3 is 0 Å². The van der Waals surface area contributed by atoms with Crippen LogP contribution in [0.2, 0.25) is 0 Å². The van der Waals surface area contributed by atoms with E-state index in [1.54, 1.807) is 0 Å². The third kappa shape index (κ3) is 5.37. The van der Waals surface area contributed by atoms with Crippen LogP contribution in [0.5, 0.6) is 0 Å². The largest absolute Gasteiger partial charge is 0.394 e. The zero-order valence-corrected chi connectivity index (χ0v) is 17.7. The van der Waals surface area contributed by atoms with E-state index in [1.165, 1.54) is 0 Å². The van der Waals surface area contributed by atoms with Gasteiger partial charge in [0.15, 0.2) is 18.9 Å². The van der Waals surface area contributed by atoms with Crippen molar-refractivity contribution in [2.45, 2.75) is 92.1 Å². The van der Waals surface area contributed by atoms with E-state index < -0.39 is 112 Å². The minimum absolute atomic E-state index is 0.769. The summed E-state index contributed by atoms with van der Waals surface area (Å²) in [7, 11) is 0. The molecule has 15 atom stereocenters. The van der Waals surface area contributed by atoms with Gasteiger partial charge in [-0.05, 0) is 0 Å². The van der Waals surface area contributed by atoms with Gasteiger partial charge in [0.05, 0.1) is 19.8 Å². The summed E-state index contributed by atoms with van der Waals surface area (Å²) in [5.74, 6) is 0. The Kier molecular flexibility index (Phi) is 9.54. The van der Waals surface area contributed by atoms with Gasteiger partial charge in [0.1, 0.15) is 73.2 Å². The van der Waals surface area contributed by atoms with Crippen molar-refractivity contribution < 1.29 is 79.9 Å². The highest BCUT2D eigenvalue weighted by molar-refractivity contribution is 4.96. The second-order valence-electron chi connectivity index (χ2n) is 8.33. The smallest absolute Gasteiger partial charge is 0.187 e. The van der Waals surface area contributed by atoms with Crippen molar-refractivity contribution in [3.05, 3.63) is 0 Å². The van der Waals surface area contributed by atoms with E-state index in [0.29, 0.717) is 0 Å². The number of aliphatic hydroxyl groups is 11. The predicted molar refractivity (Wildman–Crippen MR) is 101 cm³/mol. The molecule has 0 aromatic carbocycles. The number of aliphatic hydroxyl groups excluding tert-OH is 11. The van der Waals surface area contributed by atoms with Gasteiger partial charge < -0.3 is 79.9 Å². The Labute approximate surface area is 192 Å². The van der Waals surface area contributed by atoms with Crippen molar-refractivity contribution in [2.75, 3.05) is 19.8 Å². The molecule has 0 unspecified atom stereocenters. The van der Waals surface area contributed by atoms with Crippen molar-refractivity contribution in [3.63, 3.8) is 0 Å². The van der Waals surface area contributed by atoms with Gasteiger partial charge in [-0.25, -0.2) is 0 Å². The van der Waals surface area contributed by atoms with Crippen molar-refractivity contribution in [2.24, 2.45) is 0 Å². The van der Waals surface area contributed by atoms with Crippen molar-refractivity contribution in [3.8, 4) is 0 Å². The monoisotopic (exact) mass is 504 g/mol. The fourth-order valence-corrected chi connectivity index (χ4v) is 4.03.